The van der Waals surface area contributed by atoms with E-state index in [0.717, 1.165) is 0 Å². The van der Waals surface area contributed by atoms with E-state index in [1.54, 1.807) is 0 Å². The summed E-state index contributed by atoms with van der Waals surface area (Å²) >= 11 is 0. The minimum Gasteiger partial charge on any atom is -0.0616 e. The van der Waals surface area contributed by atoms with E-state index in [4.69, 9.17) is 0 Å². The Kier molecular flexibility index (Phi) is 3.35. The van der Waals surface area contributed by atoms with E-state index in [1.165, 1.54) is 33.4 Å². The maximum atomic E-state index is 2.44. The van der Waals surface area contributed by atoms with Crippen molar-refractivity contribution in [3.05, 3.63) is 58.7 Å². The van der Waals surface area contributed by atoms with Gasteiger partial charge in [0, 0.05) is 5.41 Å². The Bertz CT molecular complexity index is 762. The molecular formula is C23H30. The van der Waals surface area contributed by atoms with Crippen LogP contribution in [0.15, 0.2) is 36.4 Å². The molecule has 0 aliphatic heterocycles. The Morgan fingerprint density at radius 1 is 0.739 bits per heavy atom. The van der Waals surface area contributed by atoms with Crippen molar-refractivity contribution < 1.29 is 0 Å². The van der Waals surface area contributed by atoms with E-state index in [1.807, 2.05) is 0 Å². The first-order valence-electron chi connectivity index (χ1n) is 8.73. The molecule has 2 aromatic carbocycles. The number of benzene rings is 2. The molecule has 0 heteroatoms. The molecule has 3 rings (SSSR count). The first-order chi connectivity index (χ1) is 10.4. The maximum Gasteiger partial charge on any atom is 0.0158 e. The Morgan fingerprint density at radius 2 is 1.39 bits per heavy atom. The third-order valence-electron chi connectivity index (χ3n) is 5.37. The van der Waals surface area contributed by atoms with Crippen LogP contribution in [0.25, 0.3) is 11.1 Å². The topological polar surface area (TPSA) is 0 Å². The molecule has 0 N–H and O–H groups in total. The van der Waals surface area contributed by atoms with Gasteiger partial charge in [-0.1, -0.05) is 91.8 Å². The second-order valence-electron chi connectivity index (χ2n) is 9.61. The van der Waals surface area contributed by atoms with Crippen LogP contribution in [0.4, 0.5) is 0 Å². The smallest absolute Gasteiger partial charge is 0.0158 e. The Morgan fingerprint density at radius 3 is 1.96 bits per heavy atom. The molecule has 0 heterocycles. The Labute approximate surface area is 141 Å². The van der Waals surface area contributed by atoms with E-state index in [-0.39, 0.29) is 16.2 Å². The number of hydrogen-bond acceptors (Lipinski definition) is 0. The molecule has 0 atom stereocenters. The first kappa shape index (κ1) is 16.3. The predicted molar refractivity (Wildman–Crippen MR) is 101 cm³/mol. The Balaban J connectivity index is 2.37. The van der Waals surface area contributed by atoms with E-state index in [9.17, 15) is 0 Å². The zero-order valence-electron chi connectivity index (χ0n) is 16.0. The molecule has 0 spiro atoms. The molecule has 0 fully saturated rings. The van der Waals surface area contributed by atoms with Gasteiger partial charge in [0.25, 0.3) is 0 Å². The van der Waals surface area contributed by atoms with Gasteiger partial charge in [-0.25, -0.2) is 0 Å². The van der Waals surface area contributed by atoms with E-state index in [2.05, 4.69) is 91.8 Å². The van der Waals surface area contributed by atoms with Crippen LogP contribution < -0.4 is 0 Å². The van der Waals surface area contributed by atoms with Gasteiger partial charge in [0.15, 0.2) is 0 Å². The molecule has 0 radical (unpaired) electrons. The fourth-order valence-corrected chi connectivity index (χ4v) is 3.90. The molecule has 0 aromatic heterocycles. The van der Waals surface area contributed by atoms with Gasteiger partial charge in [0.05, 0.1) is 0 Å². The van der Waals surface area contributed by atoms with Crippen molar-refractivity contribution in [1.29, 1.82) is 0 Å². The van der Waals surface area contributed by atoms with Gasteiger partial charge >= 0.3 is 0 Å². The van der Waals surface area contributed by atoms with Crippen LogP contribution in [0.3, 0.4) is 0 Å². The zero-order chi connectivity index (χ0) is 17.2. The van der Waals surface area contributed by atoms with Gasteiger partial charge in [0.1, 0.15) is 0 Å². The van der Waals surface area contributed by atoms with Crippen LogP contribution in [0.1, 0.15) is 77.6 Å². The third-order valence-corrected chi connectivity index (χ3v) is 5.37. The molecule has 0 saturated carbocycles. The van der Waals surface area contributed by atoms with Gasteiger partial charge in [-0.05, 0) is 44.2 Å². The lowest BCUT2D eigenvalue weighted by Crippen LogP contribution is -2.17. The highest BCUT2D eigenvalue weighted by Gasteiger charge is 2.38. The van der Waals surface area contributed by atoms with E-state index >= 15 is 0 Å². The summed E-state index contributed by atoms with van der Waals surface area (Å²) in [5.41, 5.74) is 9.18. The highest BCUT2D eigenvalue weighted by atomic mass is 14.4. The average molecular weight is 306 g/mol. The van der Waals surface area contributed by atoms with Crippen molar-refractivity contribution >= 4 is 0 Å². The van der Waals surface area contributed by atoms with Gasteiger partial charge < -0.3 is 0 Å². The summed E-state index contributed by atoms with van der Waals surface area (Å²) in [6.45, 7) is 18.6. The molecule has 1 aliphatic rings. The lowest BCUT2D eigenvalue weighted by Gasteiger charge is -2.25. The van der Waals surface area contributed by atoms with Crippen molar-refractivity contribution in [1.82, 2.24) is 0 Å². The third kappa shape index (κ3) is 2.43. The van der Waals surface area contributed by atoms with Crippen molar-refractivity contribution in [2.45, 2.75) is 71.6 Å². The maximum absolute atomic E-state index is 2.44. The van der Waals surface area contributed by atoms with Crippen LogP contribution >= 0.6 is 0 Å². The highest BCUT2D eigenvalue weighted by Crippen LogP contribution is 2.52. The number of hydrogen-bond donors (Lipinski definition) is 0. The molecule has 0 amide bonds. The van der Waals surface area contributed by atoms with Crippen molar-refractivity contribution in [2.75, 3.05) is 0 Å². The zero-order valence-corrected chi connectivity index (χ0v) is 16.0. The Hall–Kier alpha value is -1.56. The highest BCUT2D eigenvalue weighted by molar-refractivity contribution is 5.84. The quantitative estimate of drug-likeness (QED) is 0.515. The first-order valence-corrected chi connectivity index (χ1v) is 8.73. The number of rotatable bonds is 0. The van der Waals surface area contributed by atoms with Crippen molar-refractivity contribution in [3.8, 4) is 11.1 Å². The van der Waals surface area contributed by atoms with Crippen LogP contribution in [0.2, 0.25) is 0 Å². The molecule has 0 saturated heterocycles. The second kappa shape index (κ2) is 4.72. The summed E-state index contributed by atoms with van der Waals surface area (Å²) in [6.07, 6.45) is 0. The average Bonchev–Trinajstić information content (AvgIpc) is 2.65. The minimum absolute atomic E-state index is 0.0857. The van der Waals surface area contributed by atoms with Gasteiger partial charge in [-0.15, -0.1) is 0 Å². The molecule has 0 nitrogen and oxygen atoms in total. The van der Waals surface area contributed by atoms with Gasteiger partial charge in [-0.3, -0.25) is 0 Å². The fourth-order valence-electron chi connectivity index (χ4n) is 3.90. The summed E-state index contributed by atoms with van der Waals surface area (Å²) in [6, 6.07) is 14.0. The standard InChI is InChI=1S/C23H30/c1-21(2,3)15-12-13-17-16(14-15)20-18(22(4,5)6)10-9-11-19(20)23(17,7)8/h9-14H,1-8H3. The monoisotopic (exact) mass is 306 g/mol. The normalized spacial score (nSPS) is 16.2. The lowest BCUT2D eigenvalue weighted by atomic mass is 9.79. The summed E-state index contributed by atoms with van der Waals surface area (Å²) in [5.74, 6) is 0. The molecule has 23 heavy (non-hydrogen) atoms. The predicted octanol–water partition coefficient (Wildman–Crippen LogP) is 6.59. The van der Waals surface area contributed by atoms with Crippen molar-refractivity contribution in [2.24, 2.45) is 0 Å². The van der Waals surface area contributed by atoms with Crippen LogP contribution in [-0.2, 0) is 16.2 Å². The van der Waals surface area contributed by atoms with Crippen LogP contribution in [0, 0.1) is 0 Å². The lowest BCUT2D eigenvalue weighted by molar-refractivity contribution is 0.589. The van der Waals surface area contributed by atoms with Crippen molar-refractivity contribution in [3.63, 3.8) is 0 Å². The minimum atomic E-state index is 0.0857. The summed E-state index contributed by atoms with van der Waals surface area (Å²) in [5, 5.41) is 0. The van der Waals surface area contributed by atoms with E-state index in [0.29, 0.717) is 0 Å². The second-order valence-corrected chi connectivity index (χ2v) is 9.61. The molecule has 0 bridgehead atoms. The molecule has 2 aromatic rings. The van der Waals surface area contributed by atoms with Gasteiger partial charge in [-0.2, -0.15) is 0 Å². The molecule has 1 aliphatic carbocycles. The summed E-state index contributed by atoms with van der Waals surface area (Å²) < 4.78 is 0. The molecular weight excluding hydrogens is 276 g/mol. The molecule has 0 unspecified atom stereocenters. The molecule has 122 valence electrons. The van der Waals surface area contributed by atoms with Crippen LogP contribution in [0.5, 0.6) is 0 Å². The summed E-state index contributed by atoms with van der Waals surface area (Å²) in [7, 11) is 0. The summed E-state index contributed by atoms with van der Waals surface area (Å²) in [4.78, 5) is 0. The SMILES string of the molecule is CC(C)(C)c1ccc2c(c1)-c1c(C(C)(C)C)cccc1C2(C)C. The van der Waals surface area contributed by atoms with Crippen LogP contribution in [-0.4, -0.2) is 0 Å². The van der Waals surface area contributed by atoms with Gasteiger partial charge in [0.2, 0.25) is 0 Å². The number of fused-ring (bicyclic) bond motifs is 3. The largest absolute Gasteiger partial charge is 0.0616 e. The van der Waals surface area contributed by atoms with E-state index < -0.39 is 0 Å². The fraction of sp³-hybridized carbons (Fsp3) is 0.478.